The van der Waals surface area contributed by atoms with Gasteiger partial charge in [0.2, 0.25) is 0 Å². The van der Waals surface area contributed by atoms with Crippen LogP contribution in [0.5, 0.6) is 0 Å². The molecule has 0 unspecified atom stereocenters. The predicted molar refractivity (Wildman–Crippen MR) is 291 cm³/mol. The Balaban J connectivity index is 0.970. The summed E-state index contributed by atoms with van der Waals surface area (Å²) in [7, 11) is 0. The van der Waals surface area contributed by atoms with Crippen molar-refractivity contribution in [1.82, 2.24) is 0 Å². The zero-order valence-electron chi connectivity index (χ0n) is 37.2. The van der Waals surface area contributed by atoms with E-state index >= 15 is 0 Å². The summed E-state index contributed by atoms with van der Waals surface area (Å²) in [6, 6.07) is 74.9. The van der Waals surface area contributed by atoms with Gasteiger partial charge in [0, 0.05) is 42.2 Å². The van der Waals surface area contributed by atoms with Crippen molar-refractivity contribution < 1.29 is 0 Å². The molecular weight excluding hydrogens is 829 g/mol. The fourth-order valence-corrected chi connectivity index (χ4v) is 11.1. The lowest BCUT2D eigenvalue weighted by Gasteiger charge is -2.16. The number of allylic oxidation sites excluding steroid dienone is 4. The number of hydrogen-bond donors (Lipinski definition) is 1. The van der Waals surface area contributed by atoms with Crippen LogP contribution in [0.1, 0.15) is 30.9 Å². The molecule has 318 valence electrons. The fourth-order valence-electron chi connectivity index (χ4n) is 9.91. The van der Waals surface area contributed by atoms with E-state index in [0.29, 0.717) is 5.69 Å². The molecule has 0 radical (unpaired) electrons. The van der Waals surface area contributed by atoms with Crippen molar-refractivity contribution >= 4 is 75.7 Å². The van der Waals surface area contributed by atoms with Crippen LogP contribution in [-0.2, 0) is 0 Å². The first kappa shape index (κ1) is 40.4. The van der Waals surface area contributed by atoms with Gasteiger partial charge in [0.25, 0.3) is 0 Å². The van der Waals surface area contributed by atoms with E-state index in [1.54, 1.807) is 0 Å². The first-order valence-electron chi connectivity index (χ1n) is 23.1. The number of anilines is 1. The summed E-state index contributed by atoms with van der Waals surface area (Å²) in [5.41, 5.74) is 25.0. The van der Waals surface area contributed by atoms with Crippen molar-refractivity contribution in [3.8, 4) is 55.6 Å². The zero-order valence-corrected chi connectivity index (χ0v) is 38.0. The Bertz CT molecular complexity index is 3800. The molecule has 0 saturated carbocycles. The molecule has 1 aromatic heterocycles. The molecular formula is C64H46N2S. The second-order valence-electron chi connectivity index (χ2n) is 17.6. The van der Waals surface area contributed by atoms with E-state index < -0.39 is 0 Å². The lowest BCUT2D eigenvalue weighted by molar-refractivity contribution is 1.04. The molecule has 10 aromatic carbocycles. The van der Waals surface area contributed by atoms with Crippen LogP contribution in [-0.4, -0.2) is 5.71 Å². The summed E-state index contributed by atoms with van der Waals surface area (Å²) >= 11 is 1.88. The van der Waals surface area contributed by atoms with E-state index in [1.807, 2.05) is 11.3 Å². The molecule has 0 spiro atoms. The normalized spacial score (nSPS) is 12.9. The van der Waals surface area contributed by atoms with Gasteiger partial charge in [-0.2, -0.15) is 0 Å². The highest BCUT2D eigenvalue weighted by molar-refractivity contribution is 7.26. The molecule has 3 heteroatoms. The summed E-state index contributed by atoms with van der Waals surface area (Å²) < 4.78 is 2.58. The van der Waals surface area contributed by atoms with Gasteiger partial charge in [-0.05, 0) is 146 Å². The molecule has 67 heavy (non-hydrogen) atoms. The number of fused-ring (bicyclic) bond motifs is 6. The second-order valence-corrected chi connectivity index (χ2v) is 18.6. The number of aliphatic imine (C=N–C) groups is 1. The van der Waals surface area contributed by atoms with E-state index in [1.165, 1.54) is 64.7 Å². The Kier molecular flexibility index (Phi) is 10.3. The molecule has 0 saturated heterocycles. The smallest absolute Gasteiger partial charge is 0.0947 e. The van der Waals surface area contributed by atoms with Crippen LogP contribution in [0.15, 0.2) is 229 Å². The Labute approximate surface area is 395 Å². The minimum absolute atomic E-state index is 0.694. The van der Waals surface area contributed by atoms with Gasteiger partial charge < -0.3 is 5.73 Å². The van der Waals surface area contributed by atoms with Gasteiger partial charge in [-0.1, -0.05) is 176 Å². The standard InChI is InChI=1S/C64H46N2S/c1-41(66-63-59-38-50(43-18-8-3-9-19-43)29-32-55(59)54-31-28-49(37-58(54)62(63)65)42-16-6-2-7-17-42)46-24-14-25-47(34-46)48-26-15-27-52(35-48)56-39-53(45-22-12-5-13-23-45)40-60-57-36-51(44-20-10-4-11-21-44)30-33-61(57)67-64(56)60/h3-6,8-40H,2,7,65H2,1H3. The van der Waals surface area contributed by atoms with E-state index in [9.17, 15) is 0 Å². The van der Waals surface area contributed by atoms with Crippen LogP contribution in [0.2, 0.25) is 0 Å². The van der Waals surface area contributed by atoms with Crippen LogP contribution in [0.25, 0.3) is 103 Å². The predicted octanol–water partition coefficient (Wildman–Crippen LogP) is 18.2. The van der Waals surface area contributed by atoms with Crippen molar-refractivity contribution in [3.63, 3.8) is 0 Å². The third-order valence-corrected chi connectivity index (χ3v) is 14.6. The SMILES string of the molecule is CC(=Nc1c(N)c2cc(C3=CCCC=C3)ccc2c2ccc(-c3ccccc3)cc12)c1cccc(-c2cccc(-c3cc(-c4ccccc4)cc4c3sc3ccc(-c5ccccc5)cc34)c2)c1. The monoisotopic (exact) mass is 874 g/mol. The topological polar surface area (TPSA) is 38.4 Å². The van der Waals surface area contributed by atoms with Crippen LogP contribution >= 0.6 is 11.3 Å². The molecule has 2 N–H and O–H groups in total. The Morgan fingerprint density at radius 2 is 0.985 bits per heavy atom. The Morgan fingerprint density at radius 3 is 1.69 bits per heavy atom. The largest absolute Gasteiger partial charge is 0.396 e. The van der Waals surface area contributed by atoms with Gasteiger partial charge in [-0.15, -0.1) is 11.3 Å². The molecule has 12 rings (SSSR count). The summed E-state index contributed by atoms with van der Waals surface area (Å²) in [4.78, 5) is 5.47. The minimum atomic E-state index is 0.694. The van der Waals surface area contributed by atoms with E-state index in [-0.39, 0.29) is 0 Å². The highest BCUT2D eigenvalue weighted by atomic mass is 32.1. The molecule has 0 bridgehead atoms. The van der Waals surface area contributed by atoms with Crippen molar-refractivity contribution in [2.45, 2.75) is 19.8 Å². The molecule has 1 heterocycles. The number of rotatable bonds is 8. The van der Waals surface area contributed by atoms with Gasteiger partial charge >= 0.3 is 0 Å². The van der Waals surface area contributed by atoms with Gasteiger partial charge in [0.15, 0.2) is 0 Å². The maximum atomic E-state index is 7.29. The molecule has 1 aliphatic rings. The highest BCUT2D eigenvalue weighted by Crippen LogP contribution is 2.46. The quantitative estimate of drug-likeness (QED) is 0.0922. The number of thiophene rings is 1. The minimum Gasteiger partial charge on any atom is -0.396 e. The van der Waals surface area contributed by atoms with Crippen LogP contribution < -0.4 is 5.73 Å². The first-order valence-corrected chi connectivity index (χ1v) is 23.9. The van der Waals surface area contributed by atoms with Crippen LogP contribution in [0, 0.1) is 0 Å². The number of nitrogen functional groups attached to an aromatic ring is 1. The molecule has 11 aromatic rings. The van der Waals surface area contributed by atoms with Crippen molar-refractivity contribution in [1.29, 1.82) is 0 Å². The van der Waals surface area contributed by atoms with E-state index in [0.717, 1.165) is 73.6 Å². The lowest BCUT2D eigenvalue weighted by Crippen LogP contribution is -1.98. The maximum Gasteiger partial charge on any atom is 0.0947 e. The molecule has 2 nitrogen and oxygen atoms in total. The summed E-state index contributed by atoms with van der Waals surface area (Å²) in [5.74, 6) is 0. The lowest BCUT2D eigenvalue weighted by atomic mass is 9.91. The molecule has 0 atom stereocenters. The summed E-state index contributed by atoms with van der Waals surface area (Å²) in [6.45, 7) is 2.11. The Morgan fingerprint density at radius 1 is 0.433 bits per heavy atom. The van der Waals surface area contributed by atoms with Gasteiger partial charge in [0.1, 0.15) is 0 Å². The highest BCUT2D eigenvalue weighted by Gasteiger charge is 2.18. The van der Waals surface area contributed by atoms with E-state index in [4.69, 9.17) is 10.7 Å². The van der Waals surface area contributed by atoms with Crippen molar-refractivity contribution in [3.05, 3.63) is 236 Å². The van der Waals surface area contributed by atoms with Crippen LogP contribution in [0.3, 0.4) is 0 Å². The number of nitrogens with two attached hydrogens (primary N) is 1. The Hall–Kier alpha value is -8.11. The molecule has 0 fully saturated rings. The van der Waals surface area contributed by atoms with Crippen molar-refractivity contribution in [2.75, 3.05) is 5.73 Å². The van der Waals surface area contributed by atoms with E-state index in [2.05, 4.69) is 231 Å². The van der Waals surface area contributed by atoms with Crippen LogP contribution in [0.4, 0.5) is 11.4 Å². The third-order valence-electron chi connectivity index (χ3n) is 13.4. The van der Waals surface area contributed by atoms with Crippen molar-refractivity contribution in [2.24, 2.45) is 4.99 Å². The number of benzene rings is 10. The maximum absolute atomic E-state index is 7.29. The zero-order chi connectivity index (χ0) is 44.8. The average Bonchev–Trinajstić information content (AvgIpc) is 3.78. The average molecular weight is 875 g/mol. The summed E-state index contributed by atoms with van der Waals surface area (Å²) in [6.07, 6.45) is 8.93. The fraction of sp³-hybridized carbons (Fsp3) is 0.0469. The first-order chi connectivity index (χ1) is 33.0. The van der Waals surface area contributed by atoms with Gasteiger partial charge in [0.05, 0.1) is 11.4 Å². The summed E-state index contributed by atoms with van der Waals surface area (Å²) in [5, 5.41) is 6.91. The number of nitrogens with zero attached hydrogens (tertiary/aromatic N) is 1. The second kappa shape index (κ2) is 17.0. The molecule has 0 amide bonds. The number of hydrogen-bond acceptors (Lipinski definition) is 3. The third kappa shape index (κ3) is 7.54. The van der Waals surface area contributed by atoms with Gasteiger partial charge in [-0.3, -0.25) is 4.99 Å². The molecule has 0 aliphatic heterocycles. The molecule has 1 aliphatic carbocycles. The van der Waals surface area contributed by atoms with Gasteiger partial charge in [-0.25, -0.2) is 0 Å².